The van der Waals surface area contributed by atoms with Crippen molar-refractivity contribution in [2.24, 2.45) is 0 Å². The molecule has 1 atom stereocenters. The molecule has 2 heterocycles. The number of aliphatic hydroxyl groups is 1. The van der Waals surface area contributed by atoms with Gasteiger partial charge in [0.15, 0.2) is 0 Å². The van der Waals surface area contributed by atoms with E-state index in [1.165, 1.54) is 25.4 Å². The highest BCUT2D eigenvalue weighted by Crippen LogP contribution is 2.44. The lowest BCUT2D eigenvalue weighted by Gasteiger charge is -2.24. The molecule has 0 spiro atoms. The van der Waals surface area contributed by atoms with Crippen LogP contribution in [0.5, 0.6) is 11.5 Å². The first kappa shape index (κ1) is 21.2. The summed E-state index contributed by atoms with van der Waals surface area (Å²) in [4.78, 5) is 27.6. The maximum Gasteiger partial charge on any atom is 0.300 e. The normalized spacial score (nSPS) is 17.6. The van der Waals surface area contributed by atoms with Crippen LogP contribution in [0.25, 0.3) is 5.76 Å². The van der Waals surface area contributed by atoms with Crippen LogP contribution in [0, 0.1) is 0 Å². The number of Topliss-reactive ketones (excluding diaryl/α,β-unsaturated/α-hetero) is 1. The quantitative estimate of drug-likeness (QED) is 0.350. The summed E-state index contributed by atoms with van der Waals surface area (Å²) in [5.74, 6) is -0.592. The van der Waals surface area contributed by atoms with Gasteiger partial charge in [0.1, 0.15) is 29.1 Å². The van der Waals surface area contributed by atoms with Crippen molar-refractivity contribution < 1.29 is 28.6 Å². The highest BCUT2D eigenvalue weighted by molar-refractivity contribution is 6.51. The second-order valence-electron chi connectivity index (χ2n) is 7.31. The van der Waals surface area contributed by atoms with Crippen LogP contribution in [-0.4, -0.2) is 31.0 Å². The molecule has 164 valence electrons. The summed E-state index contributed by atoms with van der Waals surface area (Å²) in [6.45, 7) is 2.03. The van der Waals surface area contributed by atoms with Crippen LogP contribution < -0.4 is 14.4 Å². The van der Waals surface area contributed by atoms with Crippen LogP contribution in [0.2, 0.25) is 0 Å². The summed E-state index contributed by atoms with van der Waals surface area (Å²) in [6, 6.07) is 14.5. The van der Waals surface area contributed by atoms with Crippen LogP contribution in [0.1, 0.15) is 29.9 Å². The highest BCUT2D eigenvalue weighted by Gasteiger charge is 2.48. The Bertz CT molecular complexity index is 1160. The van der Waals surface area contributed by atoms with E-state index in [2.05, 4.69) is 0 Å². The van der Waals surface area contributed by atoms with Gasteiger partial charge < -0.3 is 19.0 Å². The minimum absolute atomic E-state index is 0.0454. The molecule has 0 aliphatic carbocycles. The van der Waals surface area contributed by atoms with Crippen LogP contribution in [0.15, 0.2) is 70.9 Å². The molecule has 3 aromatic rings. The zero-order valence-corrected chi connectivity index (χ0v) is 18.0. The Balaban J connectivity index is 1.91. The highest BCUT2D eigenvalue weighted by atomic mass is 16.5. The molecule has 2 aromatic carbocycles. The fourth-order valence-electron chi connectivity index (χ4n) is 3.80. The second-order valence-corrected chi connectivity index (χ2v) is 7.31. The van der Waals surface area contributed by atoms with E-state index < -0.39 is 17.7 Å². The summed E-state index contributed by atoms with van der Waals surface area (Å²) < 4.78 is 16.2. The number of rotatable bonds is 6. The number of hydrogen-bond donors (Lipinski definition) is 1. The number of aliphatic hydroxyl groups excluding tert-OH is 1. The number of nitrogens with zero attached hydrogens (tertiary/aromatic N) is 1. The molecule has 1 fully saturated rings. The van der Waals surface area contributed by atoms with E-state index in [9.17, 15) is 14.7 Å². The van der Waals surface area contributed by atoms with Crippen molar-refractivity contribution >= 4 is 23.1 Å². The number of aryl methyl sites for hydroxylation is 1. The Hall–Kier alpha value is -4.00. The zero-order chi connectivity index (χ0) is 22.8. The van der Waals surface area contributed by atoms with Gasteiger partial charge in [-0.15, -0.1) is 0 Å². The molecule has 1 saturated heterocycles. The molecule has 1 aromatic heterocycles. The third-order valence-corrected chi connectivity index (χ3v) is 5.51. The first-order valence-electron chi connectivity index (χ1n) is 10.1. The van der Waals surface area contributed by atoms with Gasteiger partial charge in [0.2, 0.25) is 0 Å². The molecule has 1 N–H and O–H groups in total. The summed E-state index contributed by atoms with van der Waals surface area (Å²) in [7, 11) is 2.99. The van der Waals surface area contributed by atoms with Gasteiger partial charge in [-0.05, 0) is 24.1 Å². The molecule has 0 bridgehead atoms. The minimum Gasteiger partial charge on any atom is -0.507 e. The number of ketones is 1. The molecule has 1 unspecified atom stereocenters. The van der Waals surface area contributed by atoms with Crippen molar-refractivity contribution in [1.29, 1.82) is 0 Å². The summed E-state index contributed by atoms with van der Waals surface area (Å²) in [6.07, 6.45) is 2.30. The monoisotopic (exact) mass is 433 g/mol. The van der Waals surface area contributed by atoms with Gasteiger partial charge in [-0.1, -0.05) is 31.2 Å². The largest absolute Gasteiger partial charge is 0.507 e. The number of benzene rings is 2. The molecule has 7 heteroatoms. The molecule has 4 rings (SSSR count). The van der Waals surface area contributed by atoms with Gasteiger partial charge in [-0.25, -0.2) is 0 Å². The molecule has 32 heavy (non-hydrogen) atoms. The molecular weight excluding hydrogens is 410 g/mol. The smallest absolute Gasteiger partial charge is 0.300 e. The number of anilines is 1. The standard InChI is InChI=1S/C25H23NO6/c1-4-15-7-9-16(10-8-15)23(27)21-22(20-6-5-11-32-20)26(25(29)24(21)28)17-12-18(30-2)14-19(13-17)31-3/h5-14,22,27H,4H2,1-3H3/b23-21-. The third-order valence-electron chi connectivity index (χ3n) is 5.51. The number of carbonyl (C=O) groups is 2. The van der Waals surface area contributed by atoms with Gasteiger partial charge in [0, 0.05) is 23.8 Å². The van der Waals surface area contributed by atoms with Crippen LogP contribution in [-0.2, 0) is 16.0 Å². The fraction of sp³-hybridized carbons (Fsp3) is 0.200. The third kappa shape index (κ3) is 3.62. The molecule has 1 aliphatic heterocycles. The maximum absolute atomic E-state index is 13.2. The lowest BCUT2D eigenvalue weighted by atomic mass is 9.98. The van der Waals surface area contributed by atoms with Crippen molar-refractivity contribution in [3.63, 3.8) is 0 Å². The minimum atomic E-state index is -0.951. The van der Waals surface area contributed by atoms with Crippen molar-refractivity contribution in [1.82, 2.24) is 0 Å². The van der Waals surface area contributed by atoms with Crippen LogP contribution >= 0.6 is 0 Å². The first-order valence-corrected chi connectivity index (χ1v) is 10.1. The number of methoxy groups -OCH3 is 2. The average molecular weight is 433 g/mol. The van der Waals surface area contributed by atoms with Gasteiger partial charge in [-0.2, -0.15) is 0 Å². The molecule has 0 saturated carbocycles. The molecule has 1 amide bonds. The Morgan fingerprint density at radius 3 is 2.22 bits per heavy atom. The predicted molar refractivity (Wildman–Crippen MR) is 119 cm³/mol. The van der Waals surface area contributed by atoms with Crippen molar-refractivity contribution in [3.05, 3.63) is 83.3 Å². The van der Waals surface area contributed by atoms with Gasteiger partial charge in [0.25, 0.3) is 11.7 Å². The molecule has 7 nitrogen and oxygen atoms in total. The molecule has 0 radical (unpaired) electrons. The average Bonchev–Trinajstić information content (AvgIpc) is 3.45. The predicted octanol–water partition coefficient (Wildman–Crippen LogP) is 4.49. The van der Waals surface area contributed by atoms with Gasteiger partial charge in [0.05, 0.1) is 31.7 Å². The lowest BCUT2D eigenvalue weighted by Crippen LogP contribution is -2.29. The maximum atomic E-state index is 13.2. The lowest BCUT2D eigenvalue weighted by molar-refractivity contribution is -0.132. The Morgan fingerprint density at radius 1 is 1.03 bits per heavy atom. The van der Waals surface area contributed by atoms with Gasteiger partial charge in [-0.3, -0.25) is 14.5 Å². The van der Waals surface area contributed by atoms with E-state index in [0.29, 0.717) is 28.5 Å². The SMILES string of the molecule is CCc1ccc(/C(O)=C2/C(=O)C(=O)N(c3cc(OC)cc(OC)c3)C2c2ccco2)cc1. The summed E-state index contributed by atoms with van der Waals surface area (Å²) >= 11 is 0. The number of furan rings is 1. The van der Waals surface area contributed by atoms with E-state index in [0.717, 1.165) is 12.0 Å². The second kappa shape index (κ2) is 8.63. The number of amides is 1. The first-order chi connectivity index (χ1) is 15.5. The Kier molecular flexibility index (Phi) is 5.73. The fourth-order valence-corrected chi connectivity index (χ4v) is 3.80. The summed E-state index contributed by atoms with van der Waals surface area (Å²) in [5, 5.41) is 11.1. The molecular formula is C25H23NO6. The number of hydrogen-bond acceptors (Lipinski definition) is 6. The van der Waals surface area contributed by atoms with Crippen molar-refractivity contribution in [2.75, 3.05) is 19.1 Å². The van der Waals surface area contributed by atoms with E-state index in [4.69, 9.17) is 13.9 Å². The van der Waals surface area contributed by atoms with Crippen LogP contribution in [0.4, 0.5) is 5.69 Å². The topological polar surface area (TPSA) is 89.2 Å². The zero-order valence-electron chi connectivity index (χ0n) is 18.0. The Morgan fingerprint density at radius 2 is 1.69 bits per heavy atom. The van der Waals surface area contributed by atoms with E-state index >= 15 is 0 Å². The van der Waals surface area contributed by atoms with E-state index in [1.807, 2.05) is 19.1 Å². The van der Waals surface area contributed by atoms with Gasteiger partial charge >= 0.3 is 0 Å². The van der Waals surface area contributed by atoms with E-state index in [-0.39, 0.29) is 11.3 Å². The number of carbonyl (C=O) groups excluding carboxylic acids is 2. The molecule has 1 aliphatic rings. The van der Waals surface area contributed by atoms with Crippen molar-refractivity contribution in [3.8, 4) is 11.5 Å². The summed E-state index contributed by atoms with van der Waals surface area (Å²) in [5.41, 5.74) is 1.87. The van der Waals surface area contributed by atoms with Crippen LogP contribution in [0.3, 0.4) is 0 Å². The van der Waals surface area contributed by atoms with Crippen molar-refractivity contribution in [2.45, 2.75) is 19.4 Å². The number of ether oxygens (including phenoxy) is 2. The van der Waals surface area contributed by atoms with E-state index in [1.54, 1.807) is 42.5 Å². The Labute approximate surface area is 185 Å².